The summed E-state index contributed by atoms with van der Waals surface area (Å²) >= 11 is 6.19. The Kier molecular flexibility index (Phi) is 6.79. The number of ether oxygens (including phenoxy) is 2. The molecule has 2 N–H and O–H groups in total. The van der Waals surface area contributed by atoms with Gasteiger partial charge in [0.15, 0.2) is 11.5 Å². The smallest absolute Gasteiger partial charge is 0.231 e. The number of hydrogen-bond acceptors (Lipinski definition) is 5. The van der Waals surface area contributed by atoms with Gasteiger partial charge in [-0.05, 0) is 72.5 Å². The molecule has 0 amide bonds. The van der Waals surface area contributed by atoms with Gasteiger partial charge in [-0.25, -0.2) is 4.39 Å². The lowest BCUT2D eigenvalue weighted by atomic mass is 10.0. The molecule has 174 valence electrons. The largest absolute Gasteiger partial charge is 0.454 e. The Bertz CT molecular complexity index is 1310. The fourth-order valence-corrected chi connectivity index (χ4v) is 4.30. The molecule has 0 spiro atoms. The van der Waals surface area contributed by atoms with Crippen molar-refractivity contribution in [3.05, 3.63) is 94.4 Å². The zero-order chi connectivity index (χ0) is 23.3. The second-order valence-electron chi connectivity index (χ2n) is 8.27. The summed E-state index contributed by atoms with van der Waals surface area (Å²) < 4.78 is 24.1. The maximum absolute atomic E-state index is 13.3. The van der Waals surface area contributed by atoms with Crippen molar-refractivity contribution < 1.29 is 13.9 Å². The van der Waals surface area contributed by atoms with Gasteiger partial charge in [-0.2, -0.15) is 0 Å². The van der Waals surface area contributed by atoms with Gasteiger partial charge in [0.25, 0.3) is 0 Å². The Hall–Kier alpha value is -3.35. The number of benzene rings is 3. The van der Waals surface area contributed by atoms with Gasteiger partial charge >= 0.3 is 0 Å². The number of halogens is 2. The Labute approximate surface area is 202 Å². The van der Waals surface area contributed by atoms with E-state index in [1.54, 1.807) is 6.07 Å². The van der Waals surface area contributed by atoms with Crippen molar-refractivity contribution in [1.82, 2.24) is 10.3 Å². The van der Waals surface area contributed by atoms with E-state index in [1.165, 1.54) is 17.7 Å². The number of hydrogen-bond donors (Lipinski definition) is 2. The van der Waals surface area contributed by atoms with Gasteiger partial charge in [0.05, 0.1) is 5.52 Å². The normalized spacial score (nSPS) is 12.3. The molecule has 34 heavy (non-hydrogen) atoms. The number of aromatic nitrogens is 1. The van der Waals surface area contributed by atoms with Crippen molar-refractivity contribution in [2.24, 2.45) is 0 Å². The number of rotatable bonds is 9. The second-order valence-corrected chi connectivity index (χ2v) is 8.67. The Balaban J connectivity index is 1.13. The van der Waals surface area contributed by atoms with E-state index in [9.17, 15) is 4.39 Å². The average Bonchev–Trinajstić information content (AvgIpc) is 3.31. The number of nitrogens with one attached hydrogen (secondary N) is 2. The van der Waals surface area contributed by atoms with Gasteiger partial charge in [-0.3, -0.25) is 4.98 Å². The third-order valence-electron chi connectivity index (χ3n) is 5.83. The van der Waals surface area contributed by atoms with Crippen LogP contribution in [0.3, 0.4) is 0 Å². The maximum atomic E-state index is 13.3. The fraction of sp³-hybridized carbons (Fsp3) is 0.222. The van der Waals surface area contributed by atoms with Crippen LogP contribution in [0.15, 0.2) is 66.9 Å². The fourth-order valence-electron chi connectivity index (χ4n) is 4.06. The van der Waals surface area contributed by atoms with E-state index in [0.717, 1.165) is 65.3 Å². The Morgan fingerprint density at radius 1 is 0.912 bits per heavy atom. The summed E-state index contributed by atoms with van der Waals surface area (Å²) in [4.78, 5) is 4.53. The predicted octanol–water partition coefficient (Wildman–Crippen LogP) is 5.94. The van der Waals surface area contributed by atoms with Crippen molar-refractivity contribution in [1.29, 1.82) is 0 Å². The summed E-state index contributed by atoms with van der Waals surface area (Å²) in [5, 5.41) is 8.51. The first-order valence-corrected chi connectivity index (χ1v) is 11.7. The lowest BCUT2D eigenvalue weighted by molar-refractivity contribution is 0.174. The van der Waals surface area contributed by atoms with Crippen molar-refractivity contribution in [2.45, 2.75) is 19.4 Å². The van der Waals surface area contributed by atoms with Gasteiger partial charge in [-0.15, -0.1) is 0 Å². The molecule has 0 aliphatic carbocycles. The SMILES string of the molecule is Fc1ccc(Cc2ccc3c(NCCCNCc4ccc5c(c4)OCO5)ccnc3c2)c(Cl)c1. The van der Waals surface area contributed by atoms with E-state index < -0.39 is 0 Å². The minimum Gasteiger partial charge on any atom is -0.454 e. The van der Waals surface area contributed by atoms with Crippen LogP contribution in [0.25, 0.3) is 10.9 Å². The van der Waals surface area contributed by atoms with Crippen LogP contribution in [-0.4, -0.2) is 24.9 Å². The van der Waals surface area contributed by atoms with E-state index in [4.69, 9.17) is 21.1 Å². The van der Waals surface area contributed by atoms with Gasteiger partial charge < -0.3 is 20.1 Å². The molecule has 0 unspecified atom stereocenters. The molecule has 0 fully saturated rings. The Morgan fingerprint density at radius 3 is 2.71 bits per heavy atom. The minimum atomic E-state index is -0.326. The van der Waals surface area contributed by atoms with Crippen LogP contribution in [0.2, 0.25) is 5.02 Å². The highest BCUT2D eigenvalue weighted by molar-refractivity contribution is 6.31. The Morgan fingerprint density at radius 2 is 1.79 bits per heavy atom. The molecule has 1 aliphatic heterocycles. The molecular formula is C27H25ClFN3O2. The molecule has 0 atom stereocenters. The molecule has 1 aliphatic rings. The van der Waals surface area contributed by atoms with E-state index in [-0.39, 0.29) is 5.82 Å². The lowest BCUT2D eigenvalue weighted by Gasteiger charge is -2.11. The highest BCUT2D eigenvalue weighted by atomic mass is 35.5. The van der Waals surface area contributed by atoms with E-state index in [2.05, 4.69) is 39.9 Å². The highest BCUT2D eigenvalue weighted by Crippen LogP contribution is 2.32. The summed E-state index contributed by atoms with van der Waals surface area (Å²) in [5.74, 6) is 1.30. The maximum Gasteiger partial charge on any atom is 0.231 e. The van der Waals surface area contributed by atoms with Gasteiger partial charge in [0, 0.05) is 35.4 Å². The van der Waals surface area contributed by atoms with E-state index in [1.807, 2.05) is 24.4 Å². The molecule has 0 saturated carbocycles. The standard InChI is InChI=1S/C27H25ClFN3O2/c28-23-15-21(29)5-4-20(23)12-18-2-6-22-24(8-11-32-25(22)13-18)31-10-1-9-30-16-19-3-7-26-27(14-19)34-17-33-26/h2-8,11,13-15,30H,1,9-10,12,16-17H2,(H,31,32). The van der Waals surface area contributed by atoms with Crippen LogP contribution in [0.5, 0.6) is 11.5 Å². The highest BCUT2D eigenvalue weighted by Gasteiger charge is 2.13. The molecule has 2 heterocycles. The monoisotopic (exact) mass is 477 g/mol. The van der Waals surface area contributed by atoms with Crippen LogP contribution in [-0.2, 0) is 13.0 Å². The van der Waals surface area contributed by atoms with Crippen molar-refractivity contribution in [3.63, 3.8) is 0 Å². The van der Waals surface area contributed by atoms with Crippen LogP contribution in [0, 0.1) is 5.82 Å². The average molecular weight is 478 g/mol. The summed E-state index contributed by atoms with van der Waals surface area (Å²) in [6.07, 6.45) is 3.43. The molecule has 1 aromatic heterocycles. The first kappa shape index (κ1) is 22.4. The van der Waals surface area contributed by atoms with Crippen molar-refractivity contribution in [2.75, 3.05) is 25.2 Å². The number of pyridine rings is 1. The third-order valence-corrected chi connectivity index (χ3v) is 6.18. The third kappa shape index (κ3) is 5.24. The second kappa shape index (κ2) is 10.3. The van der Waals surface area contributed by atoms with Crippen LogP contribution < -0.4 is 20.1 Å². The van der Waals surface area contributed by atoms with Crippen molar-refractivity contribution in [3.8, 4) is 11.5 Å². The van der Waals surface area contributed by atoms with Crippen LogP contribution in [0.4, 0.5) is 10.1 Å². The first-order valence-electron chi connectivity index (χ1n) is 11.3. The number of fused-ring (bicyclic) bond motifs is 2. The summed E-state index contributed by atoms with van der Waals surface area (Å²) in [6, 6.07) is 18.8. The molecule has 7 heteroatoms. The zero-order valence-corrected chi connectivity index (χ0v) is 19.4. The first-order chi connectivity index (χ1) is 16.7. The number of anilines is 1. The minimum absolute atomic E-state index is 0.297. The topological polar surface area (TPSA) is 55.4 Å². The lowest BCUT2D eigenvalue weighted by Crippen LogP contribution is -2.17. The van der Waals surface area contributed by atoms with Gasteiger partial charge in [0.2, 0.25) is 6.79 Å². The summed E-state index contributed by atoms with van der Waals surface area (Å²) in [5.41, 5.74) is 5.13. The van der Waals surface area contributed by atoms with Crippen LogP contribution >= 0.6 is 11.6 Å². The van der Waals surface area contributed by atoms with Crippen LogP contribution in [0.1, 0.15) is 23.1 Å². The molecule has 5 nitrogen and oxygen atoms in total. The molecule has 3 aromatic carbocycles. The summed E-state index contributed by atoms with van der Waals surface area (Å²) in [7, 11) is 0. The molecule has 0 radical (unpaired) electrons. The molecule has 0 saturated heterocycles. The molecule has 0 bridgehead atoms. The quantitative estimate of drug-likeness (QED) is 0.292. The van der Waals surface area contributed by atoms with Crippen molar-refractivity contribution >= 4 is 28.2 Å². The molecular weight excluding hydrogens is 453 g/mol. The molecule has 4 aromatic rings. The number of nitrogens with zero attached hydrogens (tertiary/aromatic N) is 1. The van der Waals surface area contributed by atoms with Gasteiger partial charge in [0.1, 0.15) is 5.82 Å². The zero-order valence-electron chi connectivity index (χ0n) is 18.6. The van der Waals surface area contributed by atoms with Gasteiger partial charge in [-0.1, -0.05) is 35.9 Å². The van der Waals surface area contributed by atoms with E-state index >= 15 is 0 Å². The molecule has 5 rings (SSSR count). The summed E-state index contributed by atoms with van der Waals surface area (Å²) in [6.45, 7) is 2.83. The van der Waals surface area contributed by atoms with E-state index in [0.29, 0.717) is 18.2 Å². The predicted molar refractivity (Wildman–Crippen MR) is 133 cm³/mol.